The number of amides is 2. The van der Waals surface area contributed by atoms with E-state index >= 15 is 0 Å². The summed E-state index contributed by atoms with van der Waals surface area (Å²) in [6, 6.07) is 15.6. The molecular formula is C27H31FN2O3. The predicted molar refractivity (Wildman–Crippen MR) is 123 cm³/mol. The Morgan fingerprint density at radius 1 is 0.970 bits per heavy atom. The molecule has 3 atom stereocenters. The normalized spacial score (nSPS) is 26.2. The molecule has 1 aliphatic carbocycles. The molecule has 0 bridgehead atoms. The molecule has 1 saturated carbocycles. The van der Waals surface area contributed by atoms with Gasteiger partial charge in [0.25, 0.3) is 5.91 Å². The van der Waals surface area contributed by atoms with Crippen molar-refractivity contribution in [3.05, 3.63) is 66.0 Å². The van der Waals surface area contributed by atoms with Gasteiger partial charge in [0.15, 0.2) is 0 Å². The minimum Gasteiger partial charge on any atom is -0.490 e. The lowest BCUT2D eigenvalue weighted by molar-refractivity contribution is -0.143. The summed E-state index contributed by atoms with van der Waals surface area (Å²) in [6.07, 6.45) is 3.36. The summed E-state index contributed by atoms with van der Waals surface area (Å²) in [6.45, 7) is 4.72. The fourth-order valence-electron chi connectivity index (χ4n) is 5.80. The topological polar surface area (TPSA) is 49.9 Å². The molecule has 2 aromatic rings. The molecule has 2 heterocycles. The number of likely N-dealkylation sites (tertiary alicyclic amines) is 2. The van der Waals surface area contributed by atoms with Crippen molar-refractivity contribution in [1.82, 2.24) is 9.80 Å². The Morgan fingerprint density at radius 2 is 1.73 bits per heavy atom. The highest BCUT2D eigenvalue weighted by atomic mass is 19.1. The van der Waals surface area contributed by atoms with Crippen LogP contribution < -0.4 is 4.74 Å². The van der Waals surface area contributed by atoms with Gasteiger partial charge in [0.1, 0.15) is 17.7 Å². The van der Waals surface area contributed by atoms with E-state index in [1.54, 1.807) is 12.1 Å². The third-order valence-electron chi connectivity index (χ3n) is 7.85. The maximum Gasteiger partial charge on any atom is 0.253 e. The van der Waals surface area contributed by atoms with E-state index in [4.69, 9.17) is 4.74 Å². The Kier molecular flexibility index (Phi) is 5.85. The molecule has 3 aliphatic rings. The Labute approximate surface area is 194 Å². The van der Waals surface area contributed by atoms with Gasteiger partial charge in [0.2, 0.25) is 5.91 Å². The van der Waals surface area contributed by atoms with Crippen molar-refractivity contribution in [3.8, 4) is 5.75 Å². The van der Waals surface area contributed by atoms with Crippen LogP contribution in [0.2, 0.25) is 0 Å². The first-order valence-corrected chi connectivity index (χ1v) is 12.0. The Bertz CT molecular complexity index is 1020. The van der Waals surface area contributed by atoms with E-state index in [0.29, 0.717) is 55.6 Å². The van der Waals surface area contributed by atoms with Gasteiger partial charge in [-0.3, -0.25) is 9.59 Å². The van der Waals surface area contributed by atoms with Crippen LogP contribution in [0.25, 0.3) is 0 Å². The number of fused-ring (bicyclic) bond motifs is 1. The molecule has 0 N–H and O–H groups in total. The van der Waals surface area contributed by atoms with E-state index in [2.05, 4.69) is 6.92 Å². The molecule has 5 rings (SSSR count). The number of hydrogen-bond acceptors (Lipinski definition) is 3. The van der Waals surface area contributed by atoms with Gasteiger partial charge in [-0.05, 0) is 55.9 Å². The minimum absolute atomic E-state index is 0.0211. The molecule has 0 aromatic heterocycles. The molecule has 2 amide bonds. The highest BCUT2D eigenvalue weighted by Gasteiger charge is 2.49. The molecule has 174 valence electrons. The first kappa shape index (κ1) is 21.9. The fraction of sp³-hybridized carbons (Fsp3) is 0.481. The van der Waals surface area contributed by atoms with Crippen LogP contribution in [0.15, 0.2) is 54.6 Å². The number of hydrogen-bond donors (Lipinski definition) is 0. The van der Waals surface area contributed by atoms with E-state index in [9.17, 15) is 14.0 Å². The van der Waals surface area contributed by atoms with Crippen LogP contribution in [0.1, 0.15) is 43.0 Å². The molecule has 2 saturated heterocycles. The predicted octanol–water partition coefficient (Wildman–Crippen LogP) is 4.38. The third-order valence-corrected chi connectivity index (χ3v) is 7.85. The van der Waals surface area contributed by atoms with Crippen molar-refractivity contribution in [2.75, 3.05) is 26.2 Å². The largest absolute Gasteiger partial charge is 0.490 e. The quantitative estimate of drug-likeness (QED) is 0.695. The van der Waals surface area contributed by atoms with Crippen LogP contribution >= 0.6 is 0 Å². The van der Waals surface area contributed by atoms with Gasteiger partial charge in [-0.25, -0.2) is 4.39 Å². The molecular weight excluding hydrogens is 419 g/mol. The molecule has 6 heteroatoms. The first-order valence-electron chi connectivity index (χ1n) is 12.0. The zero-order chi connectivity index (χ0) is 23.0. The summed E-state index contributed by atoms with van der Waals surface area (Å²) < 4.78 is 19.7. The summed E-state index contributed by atoms with van der Waals surface area (Å²) in [4.78, 5) is 30.2. The van der Waals surface area contributed by atoms with Crippen LogP contribution in [-0.2, 0) is 4.79 Å². The van der Waals surface area contributed by atoms with Crippen molar-refractivity contribution in [2.45, 2.75) is 38.7 Å². The Hall–Kier alpha value is -2.89. The summed E-state index contributed by atoms with van der Waals surface area (Å²) >= 11 is 0. The average Bonchev–Trinajstić information content (AvgIpc) is 3.41. The average molecular weight is 451 g/mol. The van der Waals surface area contributed by atoms with E-state index in [1.807, 2.05) is 40.1 Å². The lowest BCUT2D eigenvalue weighted by atomic mass is 9.79. The standard InChI is InChI=1S/C27H31FN2O3/c1-27(12-14-29(15-13-27)25(31)19-6-3-2-4-7-19)26(32)30-17-20-10-11-24(23(20)18-30)33-22-9-5-8-21(28)16-22/h2-9,16,20,23-24H,10-15,17-18H2,1H3/t20-,23+,24-/m0/s1. The van der Waals surface area contributed by atoms with E-state index < -0.39 is 5.41 Å². The molecule has 2 aromatic carbocycles. The summed E-state index contributed by atoms with van der Waals surface area (Å²) in [7, 11) is 0. The second kappa shape index (κ2) is 8.81. The van der Waals surface area contributed by atoms with Crippen LogP contribution in [0, 0.1) is 23.1 Å². The van der Waals surface area contributed by atoms with Crippen LogP contribution in [-0.4, -0.2) is 53.9 Å². The van der Waals surface area contributed by atoms with Gasteiger partial charge in [-0.1, -0.05) is 31.2 Å². The van der Waals surface area contributed by atoms with Crippen LogP contribution in [0.5, 0.6) is 5.75 Å². The van der Waals surface area contributed by atoms with Gasteiger partial charge in [-0.2, -0.15) is 0 Å². The number of benzene rings is 2. The minimum atomic E-state index is -0.439. The van der Waals surface area contributed by atoms with E-state index in [1.165, 1.54) is 12.1 Å². The maximum absolute atomic E-state index is 13.5. The zero-order valence-electron chi connectivity index (χ0n) is 19.1. The van der Waals surface area contributed by atoms with Crippen molar-refractivity contribution in [3.63, 3.8) is 0 Å². The number of nitrogens with zero attached hydrogens (tertiary/aromatic N) is 2. The first-order chi connectivity index (χ1) is 15.9. The molecule has 3 fully saturated rings. The lowest BCUT2D eigenvalue weighted by Crippen LogP contribution is -2.50. The number of carbonyl (C=O) groups is 2. The van der Waals surface area contributed by atoms with E-state index in [-0.39, 0.29) is 23.7 Å². The zero-order valence-corrected chi connectivity index (χ0v) is 19.1. The van der Waals surface area contributed by atoms with Gasteiger partial charge < -0.3 is 14.5 Å². The van der Waals surface area contributed by atoms with Gasteiger partial charge in [-0.15, -0.1) is 0 Å². The van der Waals surface area contributed by atoms with Crippen molar-refractivity contribution in [1.29, 1.82) is 0 Å². The van der Waals surface area contributed by atoms with Crippen LogP contribution in [0.4, 0.5) is 4.39 Å². The molecule has 33 heavy (non-hydrogen) atoms. The summed E-state index contributed by atoms with van der Waals surface area (Å²) in [5.74, 6) is 1.24. The number of piperidine rings is 1. The van der Waals surface area contributed by atoms with Crippen molar-refractivity contribution >= 4 is 11.8 Å². The van der Waals surface area contributed by atoms with Gasteiger partial charge >= 0.3 is 0 Å². The van der Waals surface area contributed by atoms with Crippen LogP contribution in [0.3, 0.4) is 0 Å². The third kappa shape index (κ3) is 4.35. The molecule has 0 radical (unpaired) electrons. The highest BCUT2D eigenvalue weighted by Crippen LogP contribution is 2.43. The monoisotopic (exact) mass is 450 g/mol. The molecule has 0 spiro atoms. The van der Waals surface area contributed by atoms with E-state index in [0.717, 1.165) is 19.4 Å². The SMILES string of the molecule is CC1(C(=O)N2C[C@@H]3CC[C@H](Oc4cccc(F)c4)[C@@H]3C2)CCN(C(=O)c2ccccc2)CC1. The lowest BCUT2D eigenvalue weighted by Gasteiger charge is -2.40. The molecule has 2 aliphatic heterocycles. The van der Waals surface area contributed by atoms with Gasteiger partial charge in [0.05, 0.1) is 0 Å². The number of carbonyl (C=O) groups excluding carboxylic acids is 2. The number of halogens is 1. The Balaban J connectivity index is 1.19. The molecule has 5 nitrogen and oxygen atoms in total. The summed E-state index contributed by atoms with van der Waals surface area (Å²) in [5.41, 5.74) is 0.259. The smallest absolute Gasteiger partial charge is 0.253 e. The number of rotatable bonds is 4. The van der Waals surface area contributed by atoms with Gasteiger partial charge in [0, 0.05) is 49.1 Å². The fourth-order valence-corrected chi connectivity index (χ4v) is 5.80. The Morgan fingerprint density at radius 3 is 2.45 bits per heavy atom. The molecule has 0 unspecified atom stereocenters. The second-order valence-corrected chi connectivity index (χ2v) is 10.0. The number of ether oxygens (including phenoxy) is 1. The highest BCUT2D eigenvalue weighted by molar-refractivity contribution is 5.94. The van der Waals surface area contributed by atoms with Crippen molar-refractivity contribution < 1.29 is 18.7 Å². The van der Waals surface area contributed by atoms with Crippen molar-refractivity contribution in [2.24, 2.45) is 17.3 Å². The maximum atomic E-state index is 13.5. The second-order valence-electron chi connectivity index (χ2n) is 10.0. The summed E-state index contributed by atoms with van der Waals surface area (Å²) in [5, 5.41) is 0.